The second kappa shape index (κ2) is 6.88. The van der Waals surface area contributed by atoms with Gasteiger partial charge in [-0.1, -0.05) is 90.1 Å². The molecule has 0 fully saturated rings. The predicted octanol–water partition coefficient (Wildman–Crippen LogP) is 7.20. The Morgan fingerprint density at radius 2 is 0.815 bits per heavy atom. The fraction of sp³-hybridized carbons (Fsp3) is 0.308. The molecule has 0 spiro atoms. The maximum atomic E-state index is 6.23. The molecule has 0 radical (unpaired) electrons. The molecule has 0 bridgehead atoms. The van der Waals surface area contributed by atoms with Crippen molar-refractivity contribution >= 4 is 5.69 Å². The first-order chi connectivity index (χ1) is 12.5. The monoisotopic (exact) mass is 357 g/mol. The van der Waals surface area contributed by atoms with Crippen LogP contribution >= 0.6 is 0 Å². The summed E-state index contributed by atoms with van der Waals surface area (Å²) in [5.41, 5.74) is 14.7. The lowest BCUT2D eigenvalue weighted by molar-refractivity contribution is 0.590. The van der Waals surface area contributed by atoms with E-state index in [9.17, 15) is 0 Å². The summed E-state index contributed by atoms with van der Waals surface area (Å²) in [5.74, 6) is 0. The lowest BCUT2D eigenvalue weighted by Crippen LogP contribution is -2.10. The van der Waals surface area contributed by atoms with E-state index in [-0.39, 0.29) is 10.8 Å². The smallest absolute Gasteiger partial charge is 0.0326 e. The third kappa shape index (κ3) is 4.42. The molecule has 0 saturated heterocycles. The number of anilines is 1. The van der Waals surface area contributed by atoms with Gasteiger partial charge in [-0.3, -0.25) is 0 Å². The summed E-state index contributed by atoms with van der Waals surface area (Å²) in [4.78, 5) is 0. The van der Waals surface area contributed by atoms with Crippen LogP contribution in [0.3, 0.4) is 0 Å². The van der Waals surface area contributed by atoms with Gasteiger partial charge < -0.3 is 5.73 Å². The summed E-state index contributed by atoms with van der Waals surface area (Å²) in [7, 11) is 0. The molecule has 0 aromatic heterocycles. The molecule has 0 aliphatic rings. The lowest BCUT2D eigenvalue weighted by atomic mass is 9.85. The van der Waals surface area contributed by atoms with E-state index in [1.165, 1.54) is 22.3 Å². The zero-order chi connectivity index (χ0) is 19.8. The largest absolute Gasteiger partial charge is 0.399 e. The van der Waals surface area contributed by atoms with Crippen molar-refractivity contribution < 1.29 is 0 Å². The number of benzene rings is 3. The molecule has 0 amide bonds. The SMILES string of the molecule is CC(C)(C)c1ccc(-c2cc(N)cc(-c3ccc(C(C)(C)C)cc3)c2)cc1. The minimum Gasteiger partial charge on any atom is -0.399 e. The van der Waals surface area contributed by atoms with Gasteiger partial charge >= 0.3 is 0 Å². The van der Waals surface area contributed by atoms with E-state index in [1.54, 1.807) is 0 Å². The molecule has 140 valence electrons. The van der Waals surface area contributed by atoms with Crippen molar-refractivity contribution in [3.63, 3.8) is 0 Å². The Hall–Kier alpha value is -2.54. The Balaban J connectivity index is 1.97. The maximum absolute atomic E-state index is 6.23. The molecule has 27 heavy (non-hydrogen) atoms. The highest BCUT2D eigenvalue weighted by Gasteiger charge is 2.14. The Morgan fingerprint density at radius 1 is 0.481 bits per heavy atom. The van der Waals surface area contributed by atoms with E-state index in [0.717, 1.165) is 16.8 Å². The van der Waals surface area contributed by atoms with Crippen LogP contribution < -0.4 is 5.73 Å². The standard InChI is InChI=1S/C26H31N/c1-25(2,3)22-11-7-18(8-12-22)20-15-21(17-24(27)16-20)19-9-13-23(14-10-19)26(4,5)6/h7-17H,27H2,1-6H3. The van der Waals surface area contributed by atoms with E-state index in [2.05, 4.69) is 108 Å². The van der Waals surface area contributed by atoms with Gasteiger partial charge in [0.25, 0.3) is 0 Å². The van der Waals surface area contributed by atoms with Crippen LogP contribution in [0.15, 0.2) is 66.7 Å². The average molecular weight is 358 g/mol. The Morgan fingerprint density at radius 3 is 1.11 bits per heavy atom. The summed E-state index contributed by atoms with van der Waals surface area (Å²) < 4.78 is 0. The quantitative estimate of drug-likeness (QED) is 0.482. The van der Waals surface area contributed by atoms with Crippen LogP contribution in [0.25, 0.3) is 22.3 Å². The summed E-state index contributed by atoms with van der Waals surface area (Å²) in [6.45, 7) is 13.4. The first kappa shape index (κ1) is 19.2. The van der Waals surface area contributed by atoms with Gasteiger partial charge in [0.2, 0.25) is 0 Å². The lowest BCUT2D eigenvalue weighted by Gasteiger charge is -2.20. The van der Waals surface area contributed by atoms with Crippen molar-refractivity contribution in [3.8, 4) is 22.3 Å². The molecule has 1 heteroatoms. The Bertz CT molecular complexity index is 842. The maximum Gasteiger partial charge on any atom is 0.0326 e. The summed E-state index contributed by atoms with van der Waals surface area (Å²) in [6.07, 6.45) is 0. The minimum atomic E-state index is 0.161. The molecule has 2 N–H and O–H groups in total. The minimum absolute atomic E-state index is 0.161. The van der Waals surface area contributed by atoms with Crippen molar-refractivity contribution in [3.05, 3.63) is 77.9 Å². The third-order valence-corrected chi connectivity index (χ3v) is 5.12. The van der Waals surface area contributed by atoms with Crippen LogP contribution in [0.4, 0.5) is 5.69 Å². The van der Waals surface area contributed by atoms with Gasteiger partial charge in [-0.25, -0.2) is 0 Å². The van der Waals surface area contributed by atoms with Crippen LogP contribution in [0.1, 0.15) is 52.7 Å². The van der Waals surface area contributed by atoms with Gasteiger partial charge in [-0.15, -0.1) is 0 Å². The van der Waals surface area contributed by atoms with E-state index < -0.39 is 0 Å². The van der Waals surface area contributed by atoms with Gasteiger partial charge in [0.05, 0.1) is 0 Å². The molecule has 0 heterocycles. The average Bonchev–Trinajstić information content (AvgIpc) is 2.60. The van der Waals surface area contributed by atoms with Crippen LogP contribution in [0.5, 0.6) is 0 Å². The highest BCUT2D eigenvalue weighted by atomic mass is 14.5. The molecule has 0 unspecified atom stereocenters. The first-order valence-electron chi connectivity index (χ1n) is 9.66. The van der Waals surface area contributed by atoms with Crippen LogP contribution in [0, 0.1) is 0 Å². The van der Waals surface area contributed by atoms with Crippen molar-refractivity contribution in [2.24, 2.45) is 0 Å². The van der Waals surface area contributed by atoms with Crippen LogP contribution in [0.2, 0.25) is 0 Å². The van der Waals surface area contributed by atoms with Crippen molar-refractivity contribution in [2.75, 3.05) is 5.73 Å². The van der Waals surface area contributed by atoms with E-state index in [1.807, 2.05) is 0 Å². The molecule has 1 nitrogen and oxygen atoms in total. The molecular weight excluding hydrogens is 326 g/mol. The topological polar surface area (TPSA) is 26.0 Å². The number of nitrogen functional groups attached to an aromatic ring is 1. The van der Waals surface area contributed by atoms with E-state index in [4.69, 9.17) is 5.73 Å². The molecule has 0 saturated carbocycles. The number of hydrogen-bond acceptors (Lipinski definition) is 1. The molecular formula is C26H31N. The fourth-order valence-electron chi connectivity index (χ4n) is 3.31. The number of hydrogen-bond donors (Lipinski definition) is 1. The zero-order valence-electron chi connectivity index (χ0n) is 17.4. The third-order valence-electron chi connectivity index (χ3n) is 5.12. The predicted molar refractivity (Wildman–Crippen MR) is 119 cm³/mol. The normalized spacial score (nSPS) is 12.2. The molecule has 0 atom stereocenters. The highest BCUT2D eigenvalue weighted by Crippen LogP contribution is 2.32. The summed E-state index contributed by atoms with van der Waals surface area (Å²) in [5, 5.41) is 0. The van der Waals surface area contributed by atoms with Crippen molar-refractivity contribution in [1.82, 2.24) is 0 Å². The first-order valence-corrected chi connectivity index (χ1v) is 9.66. The summed E-state index contributed by atoms with van der Waals surface area (Å²) in [6, 6.07) is 24.0. The van der Waals surface area contributed by atoms with E-state index in [0.29, 0.717) is 0 Å². The highest BCUT2D eigenvalue weighted by molar-refractivity contribution is 5.77. The van der Waals surface area contributed by atoms with Crippen molar-refractivity contribution in [1.29, 1.82) is 0 Å². The molecule has 3 aromatic carbocycles. The Labute approximate surface area is 164 Å². The second-order valence-corrected chi connectivity index (χ2v) is 9.50. The fourth-order valence-corrected chi connectivity index (χ4v) is 3.31. The zero-order valence-corrected chi connectivity index (χ0v) is 17.4. The van der Waals surface area contributed by atoms with E-state index >= 15 is 0 Å². The van der Waals surface area contributed by atoms with Gasteiger partial charge in [0.15, 0.2) is 0 Å². The number of rotatable bonds is 2. The molecule has 3 rings (SSSR count). The van der Waals surface area contributed by atoms with Crippen LogP contribution in [-0.4, -0.2) is 0 Å². The number of nitrogens with two attached hydrogens (primary N) is 1. The second-order valence-electron chi connectivity index (χ2n) is 9.50. The Kier molecular flexibility index (Phi) is 4.90. The van der Waals surface area contributed by atoms with Gasteiger partial charge in [0.1, 0.15) is 0 Å². The molecule has 3 aromatic rings. The molecule has 0 aliphatic heterocycles. The summed E-state index contributed by atoms with van der Waals surface area (Å²) >= 11 is 0. The van der Waals surface area contributed by atoms with Gasteiger partial charge in [-0.05, 0) is 62.4 Å². The molecule has 0 aliphatic carbocycles. The van der Waals surface area contributed by atoms with Crippen molar-refractivity contribution in [2.45, 2.75) is 52.4 Å². The van der Waals surface area contributed by atoms with Crippen LogP contribution in [-0.2, 0) is 10.8 Å². The van der Waals surface area contributed by atoms with Gasteiger partial charge in [0, 0.05) is 5.69 Å². The van der Waals surface area contributed by atoms with Gasteiger partial charge in [-0.2, -0.15) is 0 Å².